The van der Waals surface area contributed by atoms with Crippen LogP contribution in [0.1, 0.15) is 71.5 Å². The third kappa shape index (κ3) is 8.75. The molecule has 2 aliphatic rings. The normalized spacial score (nSPS) is 15.9. The fourth-order valence-corrected chi connectivity index (χ4v) is 8.14. The number of Topliss-reactive ketones (excluding diaryl/α,β-unsaturated/α-hetero) is 2. The zero-order valence-corrected chi connectivity index (χ0v) is 36.7. The number of H-pyrrole nitrogens is 2. The number of aromatic nitrogens is 4. The number of carbonyl (C=O) groups excluding carboxylic acids is 7. The summed E-state index contributed by atoms with van der Waals surface area (Å²) in [5.74, 6) is -3.19. The molecule has 0 saturated carbocycles. The molecule has 2 saturated heterocycles. The van der Waals surface area contributed by atoms with Crippen molar-refractivity contribution in [3.63, 3.8) is 0 Å². The highest BCUT2D eigenvalue weighted by Crippen LogP contribution is 2.32. The summed E-state index contributed by atoms with van der Waals surface area (Å²) in [5.41, 5.74) is 2.02. The molecule has 0 unspecified atom stereocenters. The zero-order valence-electron chi connectivity index (χ0n) is 36.7. The van der Waals surface area contributed by atoms with Crippen molar-refractivity contribution in [2.75, 3.05) is 60.6 Å². The molecule has 0 radical (unpaired) electrons. The summed E-state index contributed by atoms with van der Waals surface area (Å²) < 4.78 is 15.4. The number of pyridine rings is 2. The molecule has 2 atom stereocenters. The van der Waals surface area contributed by atoms with E-state index in [9.17, 15) is 38.8 Å². The van der Waals surface area contributed by atoms with Crippen molar-refractivity contribution in [3.05, 3.63) is 119 Å². The lowest BCUT2D eigenvalue weighted by Crippen LogP contribution is -2.56. The van der Waals surface area contributed by atoms with Gasteiger partial charge in [-0.3, -0.25) is 28.8 Å². The quantitative estimate of drug-likeness (QED) is 0.119. The number of hydrogen-bond acceptors (Lipinski definition) is 13. The van der Waals surface area contributed by atoms with Crippen LogP contribution in [0.2, 0.25) is 0 Å². The van der Waals surface area contributed by atoms with Gasteiger partial charge in [0.25, 0.3) is 35.2 Å². The average molecular weight is 896 g/mol. The lowest BCUT2D eigenvalue weighted by molar-refractivity contribution is -0.129. The van der Waals surface area contributed by atoms with Crippen molar-refractivity contribution in [1.29, 1.82) is 5.26 Å². The maximum Gasteiger partial charge on any atom is 0.358 e. The van der Waals surface area contributed by atoms with E-state index in [0.29, 0.717) is 40.9 Å². The highest BCUT2D eigenvalue weighted by Gasteiger charge is 2.36. The fourth-order valence-electron chi connectivity index (χ4n) is 8.14. The lowest BCUT2D eigenvalue weighted by Gasteiger charge is -2.39. The van der Waals surface area contributed by atoms with Gasteiger partial charge in [0.1, 0.15) is 17.6 Å². The first-order valence-corrected chi connectivity index (χ1v) is 20.8. The number of benzene rings is 2. The molecular weight excluding hydrogens is 851 g/mol. The van der Waals surface area contributed by atoms with Crippen LogP contribution >= 0.6 is 0 Å². The monoisotopic (exact) mass is 895 g/mol. The number of nitrogens with one attached hydrogen (secondary N) is 2. The minimum atomic E-state index is -0.749. The van der Waals surface area contributed by atoms with Crippen molar-refractivity contribution in [3.8, 4) is 17.6 Å². The Hall–Kier alpha value is -8.40. The fraction of sp³-hybridized carbons (Fsp3) is 0.277. The number of carbonyl (C=O) groups is 7. The standard InChI is InChI=1S/C24H24N4O6.C23H21N5O4/c1-14-13-27(9-10-28(14)22(30)15-7-5-4-6-8-15)23(31)21(29)16-11-25-19-18(16)17(33-2)12-26-20(19)24(32)34-3;1-14-13-27(8-9-28(14)22(30)15-6-4-3-5-7-15)23(31)21(29)16-11-26-20-17(10-24)25-12-18(32-2)19(16)20/h4-8,11-12,14,25H,9-10,13H2,1-3H3;3-7,11-12,14,26H,8-9,13H2,1-2H3/t2*14-/m11/s1. The molecule has 0 aliphatic carbocycles. The van der Waals surface area contributed by atoms with Gasteiger partial charge in [-0.05, 0) is 38.1 Å². The second-order valence-corrected chi connectivity index (χ2v) is 15.4. The number of fused-ring (bicyclic) bond motifs is 2. The Morgan fingerprint density at radius 3 is 1.50 bits per heavy atom. The number of ether oxygens (including phenoxy) is 3. The third-order valence-electron chi connectivity index (χ3n) is 11.5. The summed E-state index contributed by atoms with van der Waals surface area (Å²) in [6, 6.07) is 19.3. The summed E-state index contributed by atoms with van der Waals surface area (Å²) >= 11 is 0. The summed E-state index contributed by atoms with van der Waals surface area (Å²) in [6.45, 7) is 5.26. The lowest BCUT2D eigenvalue weighted by atomic mass is 10.1. The van der Waals surface area contributed by atoms with Gasteiger partial charge in [-0.1, -0.05) is 36.4 Å². The van der Waals surface area contributed by atoms with Gasteiger partial charge in [0, 0.05) is 74.9 Å². The predicted molar refractivity (Wildman–Crippen MR) is 237 cm³/mol. The first-order valence-electron chi connectivity index (χ1n) is 20.8. The van der Waals surface area contributed by atoms with E-state index in [1.54, 1.807) is 58.3 Å². The number of nitriles is 1. The number of nitrogens with zero attached hydrogens (tertiary/aromatic N) is 7. The maximum atomic E-state index is 13.2. The summed E-state index contributed by atoms with van der Waals surface area (Å²) in [7, 11) is 4.06. The Morgan fingerprint density at radius 2 is 1.08 bits per heavy atom. The molecule has 2 aliphatic heterocycles. The molecule has 338 valence electrons. The molecule has 2 N–H and O–H groups in total. The molecule has 6 heterocycles. The van der Waals surface area contributed by atoms with Gasteiger partial charge >= 0.3 is 5.97 Å². The Labute approximate surface area is 377 Å². The number of ketones is 2. The average Bonchev–Trinajstić information content (AvgIpc) is 4.01. The van der Waals surface area contributed by atoms with E-state index in [-0.39, 0.29) is 89.2 Å². The highest BCUT2D eigenvalue weighted by molar-refractivity contribution is 6.46. The molecule has 4 amide bonds. The van der Waals surface area contributed by atoms with Gasteiger partial charge in [-0.2, -0.15) is 5.26 Å². The number of hydrogen-bond donors (Lipinski definition) is 2. The van der Waals surface area contributed by atoms with Crippen molar-refractivity contribution in [2.24, 2.45) is 0 Å². The largest absolute Gasteiger partial charge is 0.494 e. The number of aromatic amines is 2. The topological polar surface area (TPSA) is 241 Å². The Kier molecular flexibility index (Phi) is 13.5. The van der Waals surface area contributed by atoms with E-state index in [4.69, 9.17) is 14.2 Å². The smallest absolute Gasteiger partial charge is 0.358 e. The van der Waals surface area contributed by atoms with Gasteiger partial charge in [0.2, 0.25) is 0 Å². The number of amides is 4. The molecule has 8 rings (SSSR count). The SMILES string of the molecule is COC(=O)c1ncc(OC)c2c(C(=O)C(=O)N3CCN(C(=O)c4ccccc4)[C@H](C)C3)c[nH]c12.COc1cnc(C#N)c2[nH]cc(C(=O)C(=O)N3CCN(C(=O)c4ccccc4)[C@H](C)C3)c12. The molecule has 6 aromatic rings. The Morgan fingerprint density at radius 1 is 0.636 bits per heavy atom. The van der Waals surface area contributed by atoms with Gasteiger partial charge in [0.05, 0.1) is 66.7 Å². The molecule has 0 spiro atoms. The van der Waals surface area contributed by atoms with Crippen LogP contribution in [0.15, 0.2) is 85.5 Å². The zero-order chi connectivity index (χ0) is 47.2. The van der Waals surface area contributed by atoms with E-state index in [1.165, 1.54) is 55.9 Å². The molecule has 2 fully saturated rings. The minimum absolute atomic E-state index is 0.0218. The summed E-state index contributed by atoms with van der Waals surface area (Å²) in [5, 5.41) is 9.91. The molecule has 19 heteroatoms. The molecule has 19 nitrogen and oxygen atoms in total. The van der Waals surface area contributed by atoms with Crippen molar-refractivity contribution >= 4 is 63.0 Å². The van der Waals surface area contributed by atoms with Crippen LogP contribution in [-0.2, 0) is 14.3 Å². The second-order valence-electron chi connectivity index (χ2n) is 15.4. The summed E-state index contributed by atoms with van der Waals surface area (Å²) in [6.07, 6.45) is 5.42. The predicted octanol–water partition coefficient (Wildman–Crippen LogP) is 3.91. The van der Waals surface area contributed by atoms with E-state index >= 15 is 0 Å². The molecule has 0 bridgehead atoms. The molecule has 2 aromatic carbocycles. The van der Waals surface area contributed by atoms with Crippen molar-refractivity contribution < 1.29 is 47.8 Å². The molecule has 66 heavy (non-hydrogen) atoms. The maximum absolute atomic E-state index is 13.2. The molecular formula is C47H45N9O10. The highest BCUT2D eigenvalue weighted by atomic mass is 16.5. The first-order chi connectivity index (χ1) is 31.8. The van der Waals surface area contributed by atoms with Gasteiger partial charge in [-0.15, -0.1) is 0 Å². The van der Waals surface area contributed by atoms with E-state index in [1.807, 2.05) is 32.0 Å². The van der Waals surface area contributed by atoms with Crippen LogP contribution in [0.4, 0.5) is 0 Å². The van der Waals surface area contributed by atoms with Crippen LogP contribution in [0.5, 0.6) is 11.5 Å². The second kappa shape index (κ2) is 19.6. The van der Waals surface area contributed by atoms with Crippen molar-refractivity contribution in [2.45, 2.75) is 25.9 Å². The first kappa shape index (κ1) is 45.6. The number of rotatable bonds is 9. The number of esters is 1. The van der Waals surface area contributed by atoms with Gasteiger partial charge in [-0.25, -0.2) is 14.8 Å². The van der Waals surface area contributed by atoms with Crippen LogP contribution in [-0.4, -0.2) is 153 Å². The van der Waals surface area contributed by atoms with Crippen LogP contribution in [0.25, 0.3) is 21.8 Å². The van der Waals surface area contributed by atoms with E-state index in [2.05, 4.69) is 19.9 Å². The third-order valence-corrected chi connectivity index (χ3v) is 11.5. The number of piperazine rings is 2. The van der Waals surface area contributed by atoms with Crippen LogP contribution in [0, 0.1) is 11.3 Å². The van der Waals surface area contributed by atoms with Crippen LogP contribution in [0.3, 0.4) is 0 Å². The minimum Gasteiger partial charge on any atom is -0.494 e. The van der Waals surface area contributed by atoms with E-state index < -0.39 is 29.4 Å². The Bertz CT molecular complexity index is 2910. The van der Waals surface area contributed by atoms with Gasteiger partial charge < -0.3 is 43.8 Å². The molecule has 4 aromatic heterocycles. The van der Waals surface area contributed by atoms with Crippen molar-refractivity contribution in [1.82, 2.24) is 39.5 Å². The van der Waals surface area contributed by atoms with Crippen LogP contribution < -0.4 is 9.47 Å². The number of methoxy groups -OCH3 is 3. The summed E-state index contributed by atoms with van der Waals surface area (Å²) in [4.78, 5) is 110. The van der Waals surface area contributed by atoms with E-state index in [0.717, 1.165) is 0 Å². The van der Waals surface area contributed by atoms with Gasteiger partial charge in [0.15, 0.2) is 11.4 Å². The Balaban J connectivity index is 0.000000197.